The second kappa shape index (κ2) is 34.8. The van der Waals surface area contributed by atoms with Crippen LogP contribution in [0.1, 0.15) is 174 Å². The number of aliphatic hydroxyl groups is 2. The molecule has 0 aromatic carbocycles. The molecule has 4 heteroatoms. The van der Waals surface area contributed by atoms with Gasteiger partial charge in [0.1, 0.15) is 0 Å². The lowest BCUT2D eigenvalue weighted by Gasteiger charge is -2.19. The van der Waals surface area contributed by atoms with Crippen molar-refractivity contribution in [2.24, 2.45) is 0 Å². The first-order valence-electron chi connectivity index (χ1n) is 18.4. The number of unbranched alkanes of at least 4 members (excludes halogenated alkanes) is 19. The van der Waals surface area contributed by atoms with Gasteiger partial charge >= 0.3 is 0 Å². The van der Waals surface area contributed by atoms with E-state index in [1.54, 1.807) is 6.08 Å². The molecule has 250 valence electrons. The molecule has 0 fully saturated rings. The highest BCUT2D eigenvalue weighted by atomic mass is 16.3. The molecule has 4 nitrogen and oxygen atoms in total. The van der Waals surface area contributed by atoms with Gasteiger partial charge in [-0.2, -0.15) is 0 Å². The van der Waals surface area contributed by atoms with Crippen LogP contribution >= 0.6 is 0 Å². The summed E-state index contributed by atoms with van der Waals surface area (Å²) in [7, 11) is 0. The molecule has 0 aromatic rings. The molecule has 0 aliphatic rings. The zero-order chi connectivity index (χ0) is 31.5. The summed E-state index contributed by atoms with van der Waals surface area (Å²) in [5.41, 5.74) is 0. The fraction of sp³-hybridized carbons (Fsp3) is 0.769. The summed E-state index contributed by atoms with van der Waals surface area (Å²) in [6.45, 7) is 4.24. The minimum absolute atomic E-state index is 0.0907. The number of nitrogens with one attached hydrogen (secondary N) is 1. The second-order valence-corrected chi connectivity index (χ2v) is 12.3. The molecule has 0 spiro atoms. The lowest BCUT2D eigenvalue weighted by molar-refractivity contribution is -0.123. The van der Waals surface area contributed by atoms with Gasteiger partial charge in [-0.1, -0.05) is 152 Å². The van der Waals surface area contributed by atoms with Crippen molar-refractivity contribution < 1.29 is 15.0 Å². The largest absolute Gasteiger partial charge is 0.394 e. The van der Waals surface area contributed by atoms with E-state index in [-0.39, 0.29) is 12.5 Å². The Morgan fingerprint density at radius 1 is 0.558 bits per heavy atom. The van der Waals surface area contributed by atoms with E-state index in [1.807, 2.05) is 6.08 Å². The fourth-order valence-corrected chi connectivity index (χ4v) is 5.16. The second-order valence-electron chi connectivity index (χ2n) is 12.3. The van der Waals surface area contributed by atoms with E-state index in [2.05, 4.69) is 55.6 Å². The normalized spacial score (nSPS) is 13.7. The molecule has 0 aliphatic heterocycles. The molecular weight excluding hydrogens is 530 g/mol. The van der Waals surface area contributed by atoms with Crippen LogP contribution in [0.5, 0.6) is 0 Å². The Balaban J connectivity index is 3.72. The van der Waals surface area contributed by atoms with Crippen molar-refractivity contribution >= 4 is 5.91 Å². The molecule has 1 amide bonds. The standard InChI is InChI=1S/C39H71NO3/c1-3-5-7-9-11-13-15-17-19-21-22-24-26-28-30-32-34-38(42)37(36-41)40-39(43)35-33-31-29-27-25-23-20-18-16-14-12-10-8-6-4-2/h12,14,18,20,24,26,32,34,37-38,41-42H,3-11,13,15-17,19,21-23,25,27-31,33,35-36H2,1-2H3,(H,40,43)/b14-12+,20-18+,26-24+,34-32+/t37-,38+/m0/s1. The SMILES string of the molecule is CCCCC/C=C/C/C=C/CCCCCCCC(=O)N[C@@H](CO)[C@H](O)/C=C/CC/C=C/CCCCCCCCCCCC. The van der Waals surface area contributed by atoms with Crippen LogP contribution in [0.3, 0.4) is 0 Å². The zero-order valence-corrected chi connectivity index (χ0v) is 28.5. The summed E-state index contributed by atoms with van der Waals surface area (Å²) in [4.78, 5) is 12.3. The molecule has 0 radical (unpaired) electrons. The Hall–Kier alpha value is -1.65. The topological polar surface area (TPSA) is 69.6 Å². The van der Waals surface area contributed by atoms with Crippen LogP contribution in [-0.2, 0) is 4.79 Å². The maximum Gasteiger partial charge on any atom is 0.220 e. The quantitative estimate of drug-likeness (QED) is 0.0530. The average Bonchev–Trinajstić information content (AvgIpc) is 3.01. The van der Waals surface area contributed by atoms with Gasteiger partial charge in [-0.05, 0) is 64.2 Å². The summed E-state index contributed by atoms with van der Waals surface area (Å²) >= 11 is 0. The van der Waals surface area contributed by atoms with Crippen molar-refractivity contribution in [3.63, 3.8) is 0 Å². The van der Waals surface area contributed by atoms with Crippen molar-refractivity contribution in [3.05, 3.63) is 48.6 Å². The Labute approximate surface area is 267 Å². The Kier molecular flexibility index (Phi) is 33.5. The number of rotatable bonds is 32. The van der Waals surface area contributed by atoms with E-state index in [9.17, 15) is 15.0 Å². The van der Waals surface area contributed by atoms with Gasteiger partial charge in [0.25, 0.3) is 0 Å². The van der Waals surface area contributed by atoms with Gasteiger partial charge in [-0.3, -0.25) is 4.79 Å². The minimum Gasteiger partial charge on any atom is -0.394 e. The summed E-state index contributed by atoms with van der Waals surface area (Å²) in [6.07, 6.45) is 46.2. The summed E-state index contributed by atoms with van der Waals surface area (Å²) < 4.78 is 0. The van der Waals surface area contributed by atoms with Gasteiger partial charge in [0, 0.05) is 6.42 Å². The third-order valence-electron chi connectivity index (χ3n) is 8.03. The summed E-state index contributed by atoms with van der Waals surface area (Å²) in [5.74, 6) is -0.0907. The number of amides is 1. The molecule has 0 aliphatic carbocycles. The van der Waals surface area contributed by atoms with Gasteiger partial charge in [0.2, 0.25) is 5.91 Å². The van der Waals surface area contributed by atoms with Gasteiger partial charge in [-0.25, -0.2) is 0 Å². The smallest absolute Gasteiger partial charge is 0.220 e. The van der Waals surface area contributed by atoms with Gasteiger partial charge < -0.3 is 15.5 Å². The molecule has 0 unspecified atom stereocenters. The van der Waals surface area contributed by atoms with Crippen molar-refractivity contribution in [3.8, 4) is 0 Å². The number of carbonyl (C=O) groups excluding carboxylic acids is 1. The van der Waals surface area contributed by atoms with Crippen LogP contribution in [0, 0.1) is 0 Å². The molecular formula is C39H71NO3. The fourth-order valence-electron chi connectivity index (χ4n) is 5.16. The number of aliphatic hydroxyl groups excluding tert-OH is 2. The number of carbonyl (C=O) groups is 1. The van der Waals surface area contributed by atoms with Gasteiger partial charge in [0.05, 0.1) is 18.8 Å². The van der Waals surface area contributed by atoms with Crippen molar-refractivity contribution in [2.75, 3.05) is 6.61 Å². The first-order chi connectivity index (χ1) is 21.2. The zero-order valence-electron chi connectivity index (χ0n) is 28.5. The van der Waals surface area contributed by atoms with Gasteiger partial charge in [0.15, 0.2) is 0 Å². The number of hydrogen-bond donors (Lipinski definition) is 3. The Bertz CT molecular complexity index is 697. The molecule has 2 atom stereocenters. The van der Waals surface area contributed by atoms with Gasteiger partial charge in [-0.15, -0.1) is 0 Å². The molecule has 0 saturated carbocycles. The van der Waals surface area contributed by atoms with E-state index < -0.39 is 12.1 Å². The molecule has 0 heterocycles. The molecule has 0 saturated heterocycles. The van der Waals surface area contributed by atoms with Crippen LogP contribution in [0.2, 0.25) is 0 Å². The number of allylic oxidation sites excluding steroid dienone is 7. The van der Waals surface area contributed by atoms with E-state index in [0.717, 1.165) is 51.4 Å². The van der Waals surface area contributed by atoms with E-state index in [0.29, 0.717) is 6.42 Å². The van der Waals surface area contributed by atoms with Crippen LogP contribution in [0.4, 0.5) is 0 Å². The highest BCUT2D eigenvalue weighted by Crippen LogP contribution is 2.12. The van der Waals surface area contributed by atoms with Crippen LogP contribution < -0.4 is 5.32 Å². The van der Waals surface area contributed by atoms with Crippen molar-refractivity contribution in [1.29, 1.82) is 0 Å². The highest BCUT2D eigenvalue weighted by Gasteiger charge is 2.17. The van der Waals surface area contributed by atoms with E-state index >= 15 is 0 Å². The molecule has 0 aromatic heterocycles. The molecule has 43 heavy (non-hydrogen) atoms. The maximum absolute atomic E-state index is 12.3. The Morgan fingerprint density at radius 2 is 0.977 bits per heavy atom. The van der Waals surface area contributed by atoms with Crippen molar-refractivity contribution in [1.82, 2.24) is 5.32 Å². The van der Waals surface area contributed by atoms with E-state index in [1.165, 1.54) is 103 Å². The first kappa shape index (κ1) is 41.4. The predicted molar refractivity (Wildman–Crippen MR) is 188 cm³/mol. The molecule has 0 bridgehead atoms. The van der Waals surface area contributed by atoms with Crippen LogP contribution in [0.15, 0.2) is 48.6 Å². The summed E-state index contributed by atoms with van der Waals surface area (Å²) in [6, 6.07) is -0.645. The predicted octanol–water partition coefficient (Wildman–Crippen LogP) is 10.8. The average molecular weight is 602 g/mol. The lowest BCUT2D eigenvalue weighted by atomic mass is 10.1. The monoisotopic (exact) mass is 602 g/mol. The maximum atomic E-state index is 12.3. The molecule has 0 rings (SSSR count). The van der Waals surface area contributed by atoms with Crippen LogP contribution in [0.25, 0.3) is 0 Å². The van der Waals surface area contributed by atoms with Crippen molar-refractivity contribution in [2.45, 2.75) is 187 Å². The molecule has 3 N–H and O–H groups in total. The third kappa shape index (κ3) is 31.6. The lowest BCUT2D eigenvalue weighted by Crippen LogP contribution is -2.45. The minimum atomic E-state index is -0.867. The van der Waals surface area contributed by atoms with Crippen LogP contribution in [-0.4, -0.2) is 34.9 Å². The Morgan fingerprint density at radius 3 is 1.53 bits per heavy atom. The number of hydrogen-bond acceptors (Lipinski definition) is 3. The highest BCUT2D eigenvalue weighted by molar-refractivity contribution is 5.76. The first-order valence-corrected chi connectivity index (χ1v) is 18.4. The summed E-state index contributed by atoms with van der Waals surface area (Å²) in [5, 5.41) is 22.8. The van der Waals surface area contributed by atoms with E-state index in [4.69, 9.17) is 0 Å². The third-order valence-corrected chi connectivity index (χ3v) is 8.03.